The standard InChI is InChI=1S/C8H11N7O/c16-8(7-11-5-13-15-7)9-3-1-2-6-10-4-12-14-6/h4-5H,1-3H2,(H,9,16)(H,10,12,14)(H,11,13,15). The highest BCUT2D eigenvalue weighted by molar-refractivity contribution is 5.90. The molecule has 2 rings (SSSR count). The molecule has 2 aromatic rings. The maximum atomic E-state index is 11.4. The summed E-state index contributed by atoms with van der Waals surface area (Å²) in [6, 6.07) is 0. The monoisotopic (exact) mass is 221 g/mol. The molecular weight excluding hydrogens is 210 g/mol. The molecule has 2 heterocycles. The fourth-order valence-corrected chi connectivity index (χ4v) is 1.21. The zero-order chi connectivity index (χ0) is 11.2. The van der Waals surface area contributed by atoms with E-state index in [1.165, 1.54) is 12.7 Å². The summed E-state index contributed by atoms with van der Waals surface area (Å²) in [5.41, 5.74) is 0. The molecule has 0 aliphatic rings. The van der Waals surface area contributed by atoms with Gasteiger partial charge in [-0.2, -0.15) is 10.2 Å². The van der Waals surface area contributed by atoms with E-state index in [0.717, 1.165) is 18.7 Å². The van der Waals surface area contributed by atoms with Crippen LogP contribution in [-0.4, -0.2) is 42.8 Å². The topological polar surface area (TPSA) is 112 Å². The Morgan fingerprint density at radius 3 is 2.75 bits per heavy atom. The van der Waals surface area contributed by atoms with Crippen molar-refractivity contribution in [3.8, 4) is 0 Å². The first-order chi connectivity index (χ1) is 7.86. The third-order valence-electron chi connectivity index (χ3n) is 1.97. The maximum Gasteiger partial charge on any atom is 0.288 e. The van der Waals surface area contributed by atoms with Gasteiger partial charge in [0.25, 0.3) is 5.91 Å². The van der Waals surface area contributed by atoms with Gasteiger partial charge in [0.05, 0.1) is 0 Å². The number of carbonyl (C=O) groups excluding carboxylic acids is 1. The number of rotatable bonds is 5. The van der Waals surface area contributed by atoms with E-state index in [1.807, 2.05) is 0 Å². The van der Waals surface area contributed by atoms with Crippen LogP contribution >= 0.6 is 0 Å². The van der Waals surface area contributed by atoms with Crippen molar-refractivity contribution in [2.24, 2.45) is 0 Å². The molecule has 0 atom stereocenters. The van der Waals surface area contributed by atoms with Gasteiger partial charge in [0.1, 0.15) is 18.5 Å². The second-order valence-electron chi connectivity index (χ2n) is 3.13. The van der Waals surface area contributed by atoms with Gasteiger partial charge >= 0.3 is 0 Å². The van der Waals surface area contributed by atoms with Crippen LogP contribution in [0.4, 0.5) is 0 Å². The molecule has 84 valence electrons. The average molecular weight is 221 g/mol. The van der Waals surface area contributed by atoms with E-state index in [0.29, 0.717) is 6.54 Å². The molecule has 0 radical (unpaired) electrons. The predicted molar refractivity (Wildman–Crippen MR) is 53.4 cm³/mol. The van der Waals surface area contributed by atoms with Crippen LogP contribution in [0.1, 0.15) is 22.9 Å². The van der Waals surface area contributed by atoms with E-state index in [2.05, 4.69) is 35.7 Å². The molecule has 0 aliphatic heterocycles. The Kier molecular flexibility index (Phi) is 3.22. The van der Waals surface area contributed by atoms with Crippen molar-refractivity contribution in [3.05, 3.63) is 24.3 Å². The number of nitrogens with zero attached hydrogens (tertiary/aromatic N) is 4. The smallest absolute Gasteiger partial charge is 0.288 e. The van der Waals surface area contributed by atoms with Gasteiger partial charge in [-0.15, -0.1) is 0 Å². The highest BCUT2D eigenvalue weighted by Crippen LogP contribution is 1.92. The number of aryl methyl sites for hydroxylation is 1. The maximum absolute atomic E-state index is 11.4. The van der Waals surface area contributed by atoms with Gasteiger partial charge in [0.15, 0.2) is 0 Å². The number of amides is 1. The number of nitrogens with one attached hydrogen (secondary N) is 3. The lowest BCUT2D eigenvalue weighted by Gasteiger charge is -2.00. The Bertz CT molecular complexity index is 421. The third-order valence-corrected chi connectivity index (χ3v) is 1.97. The second-order valence-corrected chi connectivity index (χ2v) is 3.13. The minimum absolute atomic E-state index is 0.222. The minimum Gasteiger partial charge on any atom is -0.349 e. The van der Waals surface area contributed by atoms with E-state index in [1.54, 1.807) is 0 Å². The Morgan fingerprint density at radius 2 is 2.06 bits per heavy atom. The summed E-state index contributed by atoms with van der Waals surface area (Å²) in [6.45, 7) is 0.556. The van der Waals surface area contributed by atoms with Gasteiger partial charge in [0, 0.05) is 13.0 Å². The first-order valence-electron chi connectivity index (χ1n) is 4.84. The van der Waals surface area contributed by atoms with Crippen molar-refractivity contribution in [3.63, 3.8) is 0 Å². The normalized spacial score (nSPS) is 10.2. The summed E-state index contributed by atoms with van der Waals surface area (Å²) in [5, 5.41) is 15.3. The van der Waals surface area contributed by atoms with E-state index in [-0.39, 0.29) is 11.7 Å². The van der Waals surface area contributed by atoms with Crippen LogP contribution in [0.15, 0.2) is 12.7 Å². The van der Waals surface area contributed by atoms with Gasteiger partial charge in [0.2, 0.25) is 5.82 Å². The summed E-state index contributed by atoms with van der Waals surface area (Å²) in [5.74, 6) is 0.781. The molecule has 8 nitrogen and oxygen atoms in total. The molecule has 0 spiro atoms. The van der Waals surface area contributed by atoms with Gasteiger partial charge in [-0.1, -0.05) is 0 Å². The van der Waals surface area contributed by atoms with E-state index in [4.69, 9.17) is 0 Å². The van der Waals surface area contributed by atoms with Crippen molar-refractivity contribution in [2.45, 2.75) is 12.8 Å². The Hall–Kier alpha value is -2.25. The van der Waals surface area contributed by atoms with Crippen LogP contribution in [0, 0.1) is 0 Å². The van der Waals surface area contributed by atoms with Crippen molar-refractivity contribution >= 4 is 5.91 Å². The summed E-state index contributed by atoms with van der Waals surface area (Å²) in [7, 11) is 0. The van der Waals surface area contributed by atoms with Crippen LogP contribution in [0.5, 0.6) is 0 Å². The number of aromatic nitrogens is 6. The number of carbonyl (C=O) groups is 1. The number of hydrogen-bond donors (Lipinski definition) is 3. The summed E-state index contributed by atoms with van der Waals surface area (Å²) < 4.78 is 0. The molecule has 3 N–H and O–H groups in total. The lowest BCUT2D eigenvalue weighted by molar-refractivity contribution is 0.0943. The van der Waals surface area contributed by atoms with E-state index >= 15 is 0 Å². The highest BCUT2D eigenvalue weighted by Gasteiger charge is 2.06. The molecule has 16 heavy (non-hydrogen) atoms. The lowest BCUT2D eigenvalue weighted by atomic mass is 10.3. The number of H-pyrrole nitrogens is 2. The molecule has 0 fully saturated rings. The first kappa shape index (κ1) is 10.3. The van der Waals surface area contributed by atoms with Gasteiger partial charge in [-0.05, 0) is 6.42 Å². The minimum atomic E-state index is -0.255. The SMILES string of the molecule is O=C(NCCCc1ncn[nH]1)c1ncn[nH]1. The molecule has 0 aliphatic carbocycles. The second kappa shape index (κ2) is 5.01. The third kappa shape index (κ3) is 2.62. The van der Waals surface area contributed by atoms with Crippen LogP contribution in [0.3, 0.4) is 0 Å². The van der Waals surface area contributed by atoms with Crippen molar-refractivity contribution in [1.29, 1.82) is 0 Å². The number of aromatic amines is 2. The summed E-state index contributed by atoms with van der Waals surface area (Å²) >= 11 is 0. The van der Waals surface area contributed by atoms with Crippen LogP contribution in [0.2, 0.25) is 0 Å². The Labute approximate surface area is 90.9 Å². The number of hydrogen-bond acceptors (Lipinski definition) is 5. The van der Waals surface area contributed by atoms with E-state index in [9.17, 15) is 4.79 Å². The van der Waals surface area contributed by atoms with Crippen molar-refractivity contribution in [1.82, 2.24) is 35.7 Å². The molecule has 2 aromatic heterocycles. The molecule has 8 heteroatoms. The van der Waals surface area contributed by atoms with Crippen molar-refractivity contribution < 1.29 is 4.79 Å². The molecule has 0 saturated heterocycles. The summed E-state index contributed by atoms with van der Waals surface area (Å²) in [4.78, 5) is 19.1. The zero-order valence-electron chi connectivity index (χ0n) is 8.47. The zero-order valence-corrected chi connectivity index (χ0v) is 8.47. The first-order valence-corrected chi connectivity index (χ1v) is 4.84. The molecule has 1 amide bonds. The van der Waals surface area contributed by atoms with Gasteiger partial charge in [-0.25, -0.2) is 9.97 Å². The lowest BCUT2D eigenvalue weighted by Crippen LogP contribution is -2.25. The molecule has 0 unspecified atom stereocenters. The van der Waals surface area contributed by atoms with Gasteiger partial charge in [-0.3, -0.25) is 15.0 Å². The summed E-state index contributed by atoms with van der Waals surface area (Å²) in [6.07, 6.45) is 4.29. The van der Waals surface area contributed by atoms with Crippen molar-refractivity contribution in [2.75, 3.05) is 6.54 Å². The predicted octanol–water partition coefficient (Wildman–Crippen LogP) is -0.715. The Balaban J connectivity index is 1.67. The fourth-order valence-electron chi connectivity index (χ4n) is 1.21. The molecule has 0 aromatic carbocycles. The quantitative estimate of drug-likeness (QED) is 0.577. The van der Waals surface area contributed by atoms with E-state index < -0.39 is 0 Å². The Morgan fingerprint density at radius 1 is 1.25 bits per heavy atom. The largest absolute Gasteiger partial charge is 0.349 e. The van der Waals surface area contributed by atoms with Crippen LogP contribution in [0.25, 0.3) is 0 Å². The van der Waals surface area contributed by atoms with Gasteiger partial charge < -0.3 is 5.32 Å². The molecule has 0 bridgehead atoms. The molecule has 0 saturated carbocycles. The molecular formula is C8H11N7O. The average Bonchev–Trinajstić information content (AvgIpc) is 2.96. The van der Waals surface area contributed by atoms with Crippen LogP contribution < -0.4 is 5.32 Å². The fraction of sp³-hybridized carbons (Fsp3) is 0.375. The van der Waals surface area contributed by atoms with Crippen LogP contribution in [-0.2, 0) is 6.42 Å². The highest BCUT2D eigenvalue weighted by atomic mass is 16.2.